The Morgan fingerprint density at radius 3 is 2.16 bits per heavy atom. The van der Waals surface area contributed by atoms with E-state index in [1.54, 1.807) is 36.9 Å². The Balaban J connectivity index is 1.72. The monoisotopic (exact) mass is 386 g/mol. The molecule has 0 spiro atoms. The molecule has 0 aromatic carbocycles. The van der Waals surface area contributed by atoms with E-state index in [0.29, 0.717) is 0 Å². The van der Waals surface area contributed by atoms with Gasteiger partial charge in [0.15, 0.2) is 0 Å². The van der Waals surface area contributed by atoms with Gasteiger partial charge in [0, 0.05) is 19.5 Å². The van der Waals surface area contributed by atoms with E-state index in [2.05, 4.69) is 49.4 Å². The SMILES string of the molecule is COc1cc(C)sc1-c1ccc(-c2sc(C3=CC=CC3)cc2OC)s1. The normalized spacial score (nSPS) is 13.3. The van der Waals surface area contributed by atoms with Crippen molar-refractivity contribution >= 4 is 39.6 Å². The van der Waals surface area contributed by atoms with Crippen molar-refractivity contribution in [2.75, 3.05) is 14.2 Å². The Labute approximate surface area is 159 Å². The molecule has 5 heteroatoms. The molecule has 0 fully saturated rings. The summed E-state index contributed by atoms with van der Waals surface area (Å²) in [4.78, 5) is 7.43. The predicted molar refractivity (Wildman–Crippen MR) is 111 cm³/mol. The average Bonchev–Trinajstić information content (AvgIpc) is 3.37. The summed E-state index contributed by atoms with van der Waals surface area (Å²) in [7, 11) is 3.48. The number of thiophene rings is 3. The highest BCUT2D eigenvalue weighted by Crippen LogP contribution is 2.48. The number of hydrogen-bond donors (Lipinski definition) is 0. The summed E-state index contributed by atoms with van der Waals surface area (Å²) < 4.78 is 11.2. The van der Waals surface area contributed by atoms with E-state index in [4.69, 9.17) is 9.47 Å². The zero-order valence-electron chi connectivity index (χ0n) is 14.3. The van der Waals surface area contributed by atoms with Crippen LogP contribution in [0.25, 0.3) is 25.1 Å². The third-order valence-corrected chi connectivity index (χ3v) is 7.77. The highest BCUT2D eigenvalue weighted by molar-refractivity contribution is 7.27. The Morgan fingerprint density at radius 1 is 0.840 bits per heavy atom. The molecule has 1 aliphatic rings. The Kier molecular flexibility index (Phi) is 4.54. The van der Waals surface area contributed by atoms with Crippen LogP contribution in [-0.2, 0) is 0 Å². The van der Waals surface area contributed by atoms with Crippen LogP contribution in [0.5, 0.6) is 11.5 Å². The number of methoxy groups -OCH3 is 2. The predicted octanol–water partition coefficient (Wildman–Crippen LogP) is 6.87. The molecule has 0 unspecified atom stereocenters. The maximum atomic E-state index is 5.65. The van der Waals surface area contributed by atoms with Crippen molar-refractivity contribution in [3.63, 3.8) is 0 Å². The lowest BCUT2D eigenvalue weighted by atomic mass is 10.2. The van der Waals surface area contributed by atoms with E-state index in [1.807, 2.05) is 11.3 Å². The van der Waals surface area contributed by atoms with Crippen LogP contribution in [0.15, 0.2) is 42.5 Å². The first-order valence-corrected chi connectivity index (χ1v) is 10.4. The van der Waals surface area contributed by atoms with Crippen LogP contribution in [-0.4, -0.2) is 14.2 Å². The van der Waals surface area contributed by atoms with Gasteiger partial charge in [-0.1, -0.05) is 18.2 Å². The van der Waals surface area contributed by atoms with Crippen molar-refractivity contribution in [1.82, 2.24) is 0 Å². The first kappa shape index (κ1) is 16.6. The summed E-state index contributed by atoms with van der Waals surface area (Å²) in [5.41, 5.74) is 1.36. The molecule has 3 aromatic rings. The van der Waals surface area contributed by atoms with Crippen molar-refractivity contribution in [3.8, 4) is 31.0 Å². The lowest BCUT2D eigenvalue weighted by molar-refractivity contribution is 0.418. The summed E-state index contributed by atoms with van der Waals surface area (Å²) in [5.74, 6) is 1.91. The fourth-order valence-electron chi connectivity index (χ4n) is 2.88. The lowest BCUT2D eigenvalue weighted by Gasteiger charge is -2.00. The second-order valence-electron chi connectivity index (χ2n) is 5.75. The molecule has 0 N–H and O–H groups in total. The minimum Gasteiger partial charge on any atom is -0.495 e. The molecule has 0 saturated carbocycles. The van der Waals surface area contributed by atoms with Crippen molar-refractivity contribution in [1.29, 1.82) is 0 Å². The molecule has 128 valence electrons. The summed E-state index contributed by atoms with van der Waals surface area (Å²) in [6.45, 7) is 2.11. The standard InChI is InChI=1S/C20H18O2S3/c1-12-10-14(21-2)19(23-12)16-8-9-17(24-16)20-15(22-3)11-18(25-20)13-6-4-5-7-13/h4-6,8-11H,7H2,1-3H3. The number of aryl methyl sites for hydroxylation is 1. The highest BCUT2D eigenvalue weighted by Gasteiger charge is 2.18. The van der Waals surface area contributed by atoms with Gasteiger partial charge in [-0.05, 0) is 43.2 Å². The molecule has 0 aliphatic heterocycles. The molecule has 0 atom stereocenters. The van der Waals surface area contributed by atoms with Gasteiger partial charge >= 0.3 is 0 Å². The van der Waals surface area contributed by atoms with E-state index in [1.165, 1.54) is 34.8 Å². The number of ether oxygens (including phenoxy) is 2. The molecule has 0 radical (unpaired) electrons. The Bertz CT molecular complexity index is 969. The van der Waals surface area contributed by atoms with Crippen LogP contribution in [0.4, 0.5) is 0 Å². The van der Waals surface area contributed by atoms with Gasteiger partial charge in [0.25, 0.3) is 0 Å². The maximum absolute atomic E-state index is 5.65. The fraction of sp³-hybridized carbons (Fsp3) is 0.200. The number of rotatable bonds is 5. The molecule has 0 saturated heterocycles. The number of allylic oxidation sites excluding steroid dienone is 4. The van der Waals surface area contributed by atoms with Crippen LogP contribution in [0.1, 0.15) is 16.2 Å². The largest absolute Gasteiger partial charge is 0.495 e. The van der Waals surface area contributed by atoms with Gasteiger partial charge in [-0.2, -0.15) is 0 Å². The fourth-order valence-corrected chi connectivity index (χ4v) is 6.26. The van der Waals surface area contributed by atoms with Gasteiger partial charge < -0.3 is 9.47 Å². The summed E-state index contributed by atoms with van der Waals surface area (Å²) in [5, 5.41) is 0. The summed E-state index contributed by atoms with van der Waals surface area (Å²) in [6.07, 6.45) is 7.50. The highest BCUT2D eigenvalue weighted by atomic mass is 32.1. The van der Waals surface area contributed by atoms with Gasteiger partial charge in [0.05, 0.1) is 24.0 Å². The topological polar surface area (TPSA) is 18.5 Å². The molecule has 0 amide bonds. The zero-order chi connectivity index (χ0) is 17.4. The van der Waals surface area contributed by atoms with Gasteiger partial charge in [-0.15, -0.1) is 34.0 Å². The second-order valence-corrected chi connectivity index (χ2v) is 9.14. The van der Waals surface area contributed by atoms with Crippen molar-refractivity contribution in [2.24, 2.45) is 0 Å². The third-order valence-electron chi connectivity index (χ3n) is 4.10. The van der Waals surface area contributed by atoms with Crippen LogP contribution in [0.3, 0.4) is 0 Å². The van der Waals surface area contributed by atoms with Crippen molar-refractivity contribution < 1.29 is 9.47 Å². The van der Waals surface area contributed by atoms with Gasteiger partial charge in [0.2, 0.25) is 0 Å². The van der Waals surface area contributed by atoms with Gasteiger partial charge in [0.1, 0.15) is 11.5 Å². The van der Waals surface area contributed by atoms with Crippen LogP contribution in [0, 0.1) is 6.92 Å². The molecule has 0 bridgehead atoms. The first-order valence-electron chi connectivity index (χ1n) is 7.98. The first-order chi connectivity index (χ1) is 12.2. The summed E-state index contributed by atoms with van der Waals surface area (Å²) in [6, 6.07) is 8.63. The molecule has 1 aliphatic carbocycles. The lowest BCUT2D eigenvalue weighted by Crippen LogP contribution is -1.80. The molecule has 3 heterocycles. The molecule has 25 heavy (non-hydrogen) atoms. The van der Waals surface area contributed by atoms with E-state index < -0.39 is 0 Å². The van der Waals surface area contributed by atoms with Crippen LogP contribution in [0.2, 0.25) is 0 Å². The zero-order valence-corrected chi connectivity index (χ0v) is 16.7. The number of hydrogen-bond acceptors (Lipinski definition) is 5. The van der Waals surface area contributed by atoms with Crippen molar-refractivity contribution in [3.05, 3.63) is 52.2 Å². The molecular weight excluding hydrogens is 368 g/mol. The maximum Gasteiger partial charge on any atom is 0.138 e. The van der Waals surface area contributed by atoms with Crippen LogP contribution < -0.4 is 9.47 Å². The minimum absolute atomic E-state index is 0.954. The van der Waals surface area contributed by atoms with Gasteiger partial charge in [-0.25, -0.2) is 0 Å². The average molecular weight is 387 g/mol. The second kappa shape index (κ2) is 6.83. The van der Waals surface area contributed by atoms with E-state index in [0.717, 1.165) is 17.9 Å². The van der Waals surface area contributed by atoms with Crippen LogP contribution >= 0.6 is 34.0 Å². The van der Waals surface area contributed by atoms with E-state index in [-0.39, 0.29) is 0 Å². The molecule has 3 aromatic heterocycles. The molecule has 2 nitrogen and oxygen atoms in total. The van der Waals surface area contributed by atoms with Gasteiger partial charge in [-0.3, -0.25) is 0 Å². The molecular formula is C20H18O2S3. The van der Waals surface area contributed by atoms with Crippen molar-refractivity contribution in [2.45, 2.75) is 13.3 Å². The quantitative estimate of drug-likeness (QED) is 0.476. The van der Waals surface area contributed by atoms with E-state index >= 15 is 0 Å². The minimum atomic E-state index is 0.954. The smallest absolute Gasteiger partial charge is 0.138 e. The summed E-state index contributed by atoms with van der Waals surface area (Å²) >= 11 is 5.38. The Morgan fingerprint density at radius 2 is 1.52 bits per heavy atom. The molecule has 4 rings (SSSR count). The Hall–Kier alpha value is -1.82. The third kappa shape index (κ3) is 3.08. The van der Waals surface area contributed by atoms with E-state index in [9.17, 15) is 0 Å².